The highest BCUT2D eigenvalue weighted by Crippen LogP contribution is 2.17. The second kappa shape index (κ2) is 7.61. The highest BCUT2D eigenvalue weighted by molar-refractivity contribution is 9.10. The average Bonchev–Trinajstić information content (AvgIpc) is 2.49. The number of carbonyl (C=O) groups is 1. The number of ether oxygens (including phenoxy) is 1. The lowest BCUT2D eigenvalue weighted by atomic mass is 10.1. The van der Waals surface area contributed by atoms with Gasteiger partial charge in [0.05, 0.1) is 6.61 Å². The molecule has 0 aliphatic carbocycles. The van der Waals surface area contributed by atoms with Gasteiger partial charge in [0.1, 0.15) is 6.61 Å². The molecule has 0 atom stereocenters. The fourth-order valence-corrected chi connectivity index (χ4v) is 2.04. The smallest absolute Gasteiger partial charge is 0.367 e. The van der Waals surface area contributed by atoms with E-state index in [-0.39, 0.29) is 12.5 Å². The second-order valence-electron chi connectivity index (χ2n) is 4.77. The minimum absolute atomic E-state index is 0.159. The van der Waals surface area contributed by atoms with E-state index in [0.717, 1.165) is 4.47 Å². The molecule has 0 unspecified atom stereocenters. The molecule has 0 fully saturated rings. The van der Waals surface area contributed by atoms with Crippen molar-refractivity contribution in [1.29, 1.82) is 0 Å². The van der Waals surface area contributed by atoms with Crippen molar-refractivity contribution in [2.24, 2.45) is 0 Å². The van der Waals surface area contributed by atoms with Gasteiger partial charge in [-0.15, -0.1) is 0 Å². The number of amides is 1. The summed E-state index contributed by atoms with van der Waals surface area (Å²) < 4.78 is 41.4. The Labute approximate surface area is 139 Å². The van der Waals surface area contributed by atoms with Gasteiger partial charge in [0, 0.05) is 15.7 Å². The van der Waals surface area contributed by atoms with Crippen molar-refractivity contribution in [2.75, 3.05) is 11.9 Å². The zero-order valence-corrected chi connectivity index (χ0v) is 13.4. The molecule has 2 aromatic carbocycles. The highest BCUT2D eigenvalue weighted by atomic mass is 79.9. The SMILES string of the molecule is O=C(Nc1ccc(Br)cc1)c1ccc(COCC(F)(F)F)cc1. The van der Waals surface area contributed by atoms with Crippen molar-refractivity contribution < 1.29 is 22.7 Å². The zero-order chi connectivity index (χ0) is 16.9. The van der Waals surface area contributed by atoms with Crippen molar-refractivity contribution in [2.45, 2.75) is 12.8 Å². The second-order valence-corrected chi connectivity index (χ2v) is 5.68. The van der Waals surface area contributed by atoms with Gasteiger partial charge in [0.15, 0.2) is 0 Å². The van der Waals surface area contributed by atoms with Crippen molar-refractivity contribution in [3.05, 3.63) is 64.1 Å². The Hall–Kier alpha value is -1.86. The van der Waals surface area contributed by atoms with Gasteiger partial charge in [-0.3, -0.25) is 4.79 Å². The molecule has 0 radical (unpaired) electrons. The van der Waals surface area contributed by atoms with Crippen molar-refractivity contribution in [3.63, 3.8) is 0 Å². The number of halogens is 4. The maximum absolute atomic E-state index is 12.1. The van der Waals surface area contributed by atoms with Crippen LogP contribution in [0.5, 0.6) is 0 Å². The predicted molar refractivity (Wildman–Crippen MR) is 84.2 cm³/mol. The Bertz CT molecular complexity index is 655. The van der Waals surface area contributed by atoms with Crippen LogP contribution in [0.3, 0.4) is 0 Å². The lowest BCUT2D eigenvalue weighted by molar-refractivity contribution is -0.176. The first kappa shape index (κ1) is 17.5. The van der Waals surface area contributed by atoms with Gasteiger partial charge < -0.3 is 10.1 Å². The van der Waals surface area contributed by atoms with Gasteiger partial charge in [-0.1, -0.05) is 28.1 Å². The Balaban J connectivity index is 1.91. The molecule has 0 saturated carbocycles. The van der Waals surface area contributed by atoms with Crippen LogP contribution < -0.4 is 5.32 Å². The Morgan fingerprint density at radius 2 is 1.65 bits per heavy atom. The molecule has 3 nitrogen and oxygen atoms in total. The Morgan fingerprint density at radius 1 is 1.04 bits per heavy atom. The number of benzene rings is 2. The molecule has 23 heavy (non-hydrogen) atoms. The number of hydrogen-bond acceptors (Lipinski definition) is 2. The zero-order valence-electron chi connectivity index (χ0n) is 11.9. The van der Waals surface area contributed by atoms with Crippen LogP contribution in [-0.2, 0) is 11.3 Å². The monoisotopic (exact) mass is 387 g/mol. The Morgan fingerprint density at radius 3 is 2.22 bits per heavy atom. The number of carbonyl (C=O) groups excluding carboxylic acids is 1. The van der Waals surface area contributed by atoms with Crippen LogP contribution in [0, 0.1) is 0 Å². The van der Waals surface area contributed by atoms with E-state index in [4.69, 9.17) is 0 Å². The van der Waals surface area contributed by atoms with Gasteiger partial charge in [-0.25, -0.2) is 0 Å². The summed E-state index contributed by atoms with van der Waals surface area (Å²) in [5, 5.41) is 2.73. The first-order chi connectivity index (χ1) is 10.8. The highest BCUT2D eigenvalue weighted by Gasteiger charge is 2.27. The summed E-state index contributed by atoms with van der Waals surface area (Å²) in [5.41, 5.74) is 1.62. The standard InChI is InChI=1S/C16H13BrF3NO2/c17-13-5-7-14(8-6-13)21-15(22)12-3-1-11(2-4-12)9-23-10-16(18,19)20/h1-8H,9-10H2,(H,21,22). The normalized spacial score (nSPS) is 11.3. The molecule has 2 aromatic rings. The summed E-state index contributed by atoms with van der Waals surface area (Å²) in [7, 11) is 0. The summed E-state index contributed by atoms with van der Waals surface area (Å²) in [6, 6.07) is 13.3. The molecule has 0 bridgehead atoms. The number of hydrogen-bond donors (Lipinski definition) is 1. The molecule has 1 amide bonds. The molecule has 0 heterocycles. The average molecular weight is 388 g/mol. The van der Waals surface area contributed by atoms with Crippen LogP contribution in [0.25, 0.3) is 0 Å². The number of nitrogens with one attached hydrogen (secondary N) is 1. The molecule has 2 rings (SSSR count). The molecule has 0 aliphatic heterocycles. The lowest BCUT2D eigenvalue weighted by Crippen LogP contribution is -2.16. The van der Waals surface area contributed by atoms with Crippen LogP contribution >= 0.6 is 15.9 Å². The van der Waals surface area contributed by atoms with Gasteiger partial charge in [-0.2, -0.15) is 13.2 Å². The van der Waals surface area contributed by atoms with E-state index < -0.39 is 12.8 Å². The van der Waals surface area contributed by atoms with Crippen LogP contribution in [0.15, 0.2) is 53.0 Å². The topological polar surface area (TPSA) is 38.3 Å². The third-order valence-electron chi connectivity index (χ3n) is 2.85. The van der Waals surface area contributed by atoms with Crippen molar-refractivity contribution in [3.8, 4) is 0 Å². The number of alkyl halides is 3. The summed E-state index contributed by atoms with van der Waals surface area (Å²) in [5.74, 6) is -0.296. The molecule has 0 aromatic heterocycles. The van der Waals surface area contributed by atoms with Crippen LogP contribution in [0.2, 0.25) is 0 Å². The third-order valence-corrected chi connectivity index (χ3v) is 3.38. The molecule has 0 aliphatic rings. The van der Waals surface area contributed by atoms with E-state index in [2.05, 4.69) is 26.0 Å². The number of rotatable bonds is 5. The van der Waals surface area contributed by atoms with E-state index in [9.17, 15) is 18.0 Å². The van der Waals surface area contributed by atoms with E-state index in [1.807, 2.05) is 0 Å². The third kappa shape index (κ3) is 6.03. The minimum Gasteiger partial charge on any atom is -0.367 e. The first-order valence-corrected chi connectivity index (χ1v) is 7.43. The molecular formula is C16H13BrF3NO2. The molecule has 0 spiro atoms. The maximum Gasteiger partial charge on any atom is 0.411 e. The fraction of sp³-hybridized carbons (Fsp3) is 0.188. The van der Waals surface area contributed by atoms with E-state index >= 15 is 0 Å². The molecule has 1 N–H and O–H groups in total. The summed E-state index contributed by atoms with van der Waals surface area (Å²) >= 11 is 3.30. The summed E-state index contributed by atoms with van der Waals surface area (Å²) in [4.78, 5) is 12.1. The van der Waals surface area contributed by atoms with E-state index in [1.165, 1.54) is 0 Å². The largest absolute Gasteiger partial charge is 0.411 e. The van der Waals surface area contributed by atoms with E-state index in [1.54, 1.807) is 48.5 Å². The minimum atomic E-state index is -4.34. The van der Waals surface area contributed by atoms with Gasteiger partial charge in [0.2, 0.25) is 0 Å². The van der Waals surface area contributed by atoms with Crippen LogP contribution in [0.4, 0.5) is 18.9 Å². The summed E-state index contributed by atoms with van der Waals surface area (Å²) in [6.45, 7) is -1.45. The molecule has 122 valence electrons. The van der Waals surface area contributed by atoms with Gasteiger partial charge >= 0.3 is 6.18 Å². The first-order valence-electron chi connectivity index (χ1n) is 6.64. The van der Waals surface area contributed by atoms with Gasteiger partial charge in [0.25, 0.3) is 5.91 Å². The van der Waals surface area contributed by atoms with E-state index in [0.29, 0.717) is 16.8 Å². The Kier molecular flexibility index (Phi) is 5.79. The lowest BCUT2D eigenvalue weighted by Gasteiger charge is -2.08. The van der Waals surface area contributed by atoms with Crippen molar-refractivity contribution in [1.82, 2.24) is 0 Å². The predicted octanol–water partition coefficient (Wildman–Crippen LogP) is 4.78. The molecule has 7 heteroatoms. The van der Waals surface area contributed by atoms with Gasteiger partial charge in [-0.05, 0) is 42.0 Å². The number of anilines is 1. The maximum atomic E-state index is 12.1. The molecular weight excluding hydrogens is 375 g/mol. The van der Waals surface area contributed by atoms with Crippen molar-refractivity contribution >= 4 is 27.5 Å². The van der Waals surface area contributed by atoms with Crippen LogP contribution in [0.1, 0.15) is 15.9 Å². The summed E-state index contributed by atoms with van der Waals surface area (Å²) in [6.07, 6.45) is -4.34. The molecule has 0 saturated heterocycles. The fourth-order valence-electron chi connectivity index (χ4n) is 1.77. The van der Waals surface area contributed by atoms with Crippen LogP contribution in [-0.4, -0.2) is 18.7 Å². The quantitative estimate of drug-likeness (QED) is 0.801.